The lowest BCUT2D eigenvalue weighted by Crippen LogP contribution is -2.30. The molecule has 0 bridgehead atoms. The van der Waals surface area contributed by atoms with Crippen molar-refractivity contribution in [3.05, 3.63) is 118 Å². The zero-order valence-corrected chi connectivity index (χ0v) is 17.1. The second-order valence-electron chi connectivity index (χ2n) is 8.74. The normalized spacial score (nSPS) is 16.4. The van der Waals surface area contributed by atoms with Crippen LogP contribution in [0.15, 0.2) is 89.9 Å². The summed E-state index contributed by atoms with van der Waals surface area (Å²) in [5.74, 6) is 0. The topological polar surface area (TPSA) is 21.6 Å². The van der Waals surface area contributed by atoms with Gasteiger partial charge in [0.15, 0.2) is 6.40 Å². The molecule has 148 valence electrons. The number of hydrogen-bond donors (Lipinski definition) is 0. The molecule has 0 radical (unpaired) electrons. The molecule has 2 aliphatic carbocycles. The van der Waals surface area contributed by atoms with Crippen molar-refractivity contribution in [2.24, 2.45) is 4.99 Å². The molecule has 0 unspecified atom stereocenters. The van der Waals surface area contributed by atoms with Crippen LogP contribution in [-0.4, -0.2) is 13.0 Å². The van der Waals surface area contributed by atoms with E-state index in [1.807, 2.05) is 0 Å². The highest BCUT2D eigenvalue weighted by Gasteiger charge is 2.43. The van der Waals surface area contributed by atoms with Gasteiger partial charge in [-0.25, -0.2) is 4.99 Å². The van der Waals surface area contributed by atoms with Gasteiger partial charge in [-0.05, 0) is 68.5 Å². The third kappa shape index (κ3) is 2.25. The van der Waals surface area contributed by atoms with Gasteiger partial charge in [-0.3, -0.25) is 0 Å². The van der Waals surface area contributed by atoms with Crippen LogP contribution >= 0.6 is 0 Å². The first kappa shape index (κ1) is 17.1. The second-order valence-corrected chi connectivity index (χ2v) is 8.74. The lowest BCUT2D eigenvalue weighted by Gasteiger charge is -2.30. The quantitative estimate of drug-likeness (QED) is 0.343. The maximum absolute atomic E-state index is 5.85. The van der Waals surface area contributed by atoms with Crippen LogP contribution in [0.25, 0.3) is 22.3 Å². The molecule has 0 atom stereocenters. The minimum Gasteiger partial charge on any atom is -0.480 e. The Morgan fingerprint density at radius 3 is 1.61 bits per heavy atom. The van der Waals surface area contributed by atoms with Crippen molar-refractivity contribution in [1.82, 2.24) is 0 Å². The van der Waals surface area contributed by atoms with Crippen LogP contribution in [0.3, 0.4) is 0 Å². The van der Waals surface area contributed by atoms with Crippen LogP contribution in [0.4, 0.5) is 0 Å². The highest BCUT2D eigenvalue weighted by molar-refractivity contribution is 5.81. The fourth-order valence-corrected chi connectivity index (χ4v) is 5.85. The van der Waals surface area contributed by atoms with Gasteiger partial charge < -0.3 is 4.74 Å². The molecule has 0 amide bonds. The van der Waals surface area contributed by atoms with Crippen LogP contribution in [0, 0.1) is 0 Å². The molecule has 0 saturated heterocycles. The van der Waals surface area contributed by atoms with E-state index in [4.69, 9.17) is 9.73 Å². The van der Waals surface area contributed by atoms with Crippen LogP contribution < -0.4 is 0 Å². The Morgan fingerprint density at radius 2 is 1.10 bits per heavy atom. The third-order valence-corrected chi connectivity index (χ3v) is 7.23. The molecule has 0 N–H and O–H groups in total. The van der Waals surface area contributed by atoms with E-state index in [9.17, 15) is 0 Å². The van der Waals surface area contributed by atoms with Crippen LogP contribution in [0.1, 0.15) is 33.4 Å². The summed E-state index contributed by atoms with van der Waals surface area (Å²) in [6.07, 6.45) is 3.56. The van der Waals surface area contributed by atoms with Crippen LogP contribution in [0.2, 0.25) is 0 Å². The average Bonchev–Trinajstić information content (AvgIpc) is 3.54. The van der Waals surface area contributed by atoms with Crippen molar-refractivity contribution in [1.29, 1.82) is 0 Å². The van der Waals surface area contributed by atoms with Gasteiger partial charge in [0, 0.05) is 0 Å². The monoisotopic (exact) mass is 399 g/mol. The molecule has 0 fully saturated rings. The summed E-state index contributed by atoms with van der Waals surface area (Å²) in [5.41, 5.74) is 13.0. The van der Waals surface area contributed by atoms with Crippen molar-refractivity contribution in [2.45, 2.75) is 18.4 Å². The van der Waals surface area contributed by atoms with Crippen molar-refractivity contribution in [3.63, 3.8) is 0 Å². The van der Waals surface area contributed by atoms with Gasteiger partial charge >= 0.3 is 0 Å². The molecule has 0 spiro atoms. The first-order valence-corrected chi connectivity index (χ1v) is 10.9. The number of nitrogens with zero attached hydrogens (tertiary/aromatic N) is 1. The number of rotatable bonds is 2. The summed E-state index contributed by atoms with van der Waals surface area (Å²) >= 11 is 0. The van der Waals surface area contributed by atoms with Gasteiger partial charge in [-0.2, -0.15) is 0 Å². The van der Waals surface area contributed by atoms with E-state index in [1.165, 1.54) is 55.6 Å². The largest absolute Gasteiger partial charge is 0.480 e. The van der Waals surface area contributed by atoms with E-state index in [0.717, 1.165) is 12.8 Å². The molecule has 4 aromatic carbocycles. The minimum absolute atomic E-state index is 0.499. The third-order valence-electron chi connectivity index (χ3n) is 7.23. The molecule has 2 heteroatoms. The van der Waals surface area contributed by atoms with Gasteiger partial charge in [0.2, 0.25) is 0 Å². The van der Waals surface area contributed by atoms with E-state index < -0.39 is 5.54 Å². The SMILES string of the molecule is C1=NC(c2cccc3c2Cc2ccccc2-3)(c2cccc3c2Cc2ccccc2-3)CO1. The number of ether oxygens (including phenoxy) is 1. The van der Waals surface area contributed by atoms with Crippen molar-refractivity contribution in [3.8, 4) is 22.3 Å². The number of fused-ring (bicyclic) bond motifs is 6. The summed E-state index contributed by atoms with van der Waals surface area (Å²) in [6.45, 7) is 0.548. The van der Waals surface area contributed by atoms with Gasteiger partial charge in [0.05, 0.1) is 0 Å². The Balaban J connectivity index is 1.46. The summed E-state index contributed by atoms with van der Waals surface area (Å²) in [6, 6.07) is 30.9. The lowest BCUT2D eigenvalue weighted by atomic mass is 9.77. The summed E-state index contributed by atoms with van der Waals surface area (Å²) < 4.78 is 5.85. The van der Waals surface area contributed by atoms with E-state index in [1.54, 1.807) is 6.40 Å². The van der Waals surface area contributed by atoms with E-state index in [0.29, 0.717) is 6.61 Å². The van der Waals surface area contributed by atoms with Crippen molar-refractivity contribution in [2.75, 3.05) is 6.61 Å². The molecule has 4 aromatic rings. The second kappa shape index (κ2) is 6.18. The van der Waals surface area contributed by atoms with E-state index in [2.05, 4.69) is 84.9 Å². The fraction of sp³-hybridized carbons (Fsp3) is 0.138. The first-order chi connectivity index (χ1) is 15.4. The number of aliphatic imine (C=N–C) groups is 1. The van der Waals surface area contributed by atoms with Gasteiger partial charge in [0.1, 0.15) is 12.1 Å². The van der Waals surface area contributed by atoms with Crippen molar-refractivity contribution >= 4 is 6.40 Å². The molecule has 0 saturated carbocycles. The van der Waals surface area contributed by atoms with E-state index in [-0.39, 0.29) is 0 Å². The van der Waals surface area contributed by atoms with E-state index >= 15 is 0 Å². The predicted molar refractivity (Wildman–Crippen MR) is 125 cm³/mol. The smallest absolute Gasteiger partial charge is 0.170 e. The molecule has 31 heavy (non-hydrogen) atoms. The zero-order chi connectivity index (χ0) is 20.4. The molecule has 1 aliphatic heterocycles. The molecule has 0 aromatic heterocycles. The van der Waals surface area contributed by atoms with Gasteiger partial charge in [0.25, 0.3) is 0 Å². The molecule has 3 aliphatic rings. The number of hydrogen-bond acceptors (Lipinski definition) is 2. The summed E-state index contributed by atoms with van der Waals surface area (Å²) in [7, 11) is 0. The fourth-order valence-electron chi connectivity index (χ4n) is 5.85. The average molecular weight is 399 g/mol. The van der Waals surface area contributed by atoms with Gasteiger partial charge in [-0.15, -0.1) is 0 Å². The standard InChI is InChI=1S/C29H21NO/c1-3-9-21-19(7-1)15-25-23(21)11-5-13-27(25)29(17-31-18-30-29)28-14-6-12-24-22-10-4-2-8-20(22)16-26(24)28/h1-14,18H,15-17H2. The Hall–Kier alpha value is -3.65. The molecular weight excluding hydrogens is 378 g/mol. The maximum Gasteiger partial charge on any atom is 0.170 e. The maximum atomic E-state index is 5.85. The zero-order valence-electron chi connectivity index (χ0n) is 17.1. The van der Waals surface area contributed by atoms with Crippen LogP contribution in [-0.2, 0) is 23.1 Å². The van der Waals surface area contributed by atoms with Crippen molar-refractivity contribution < 1.29 is 4.74 Å². The minimum atomic E-state index is -0.499. The molecular formula is C29H21NO. The Bertz CT molecular complexity index is 1300. The molecule has 2 nitrogen and oxygen atoms in total. The summed E-state index contributed by atoms with van der Waals surface area (Å²) in [4.78, 5) is 5.04. The first-order valence-electron chi connectivity index (χ1n) is 10.9. The lowest BCUT2D eigenvalue weighted by molar-refractivity contribution is 0.288. The van der Waals surface area contributed by atoms with Gasteiger partial charge in [-0.1, -0.05) is 84.9 Å². The highest BCUT2D eigenvalue weighted by Crippen LogP contribution is 2.49. The Labute approximate surface area is 181 Å². The predicted octanol–water partition coefficient (Wildman–Crippen LogP) is 6.13. The Morgan fingerprint density at radius 1 is 0.581 bits per heavy atom. The number of benzene rings is 4. The summed E-state index contributed by atoms with van der Waals surface area (Å²) in [5, 5.41) is 0. The van der Waals surface area contributed by atoms with Crippen LogP contribution in [0.5, 0.6) is 0 Å². The Kier molecular flexibility index (Phi) is 3.40. The molecule has 7 rings (SSSR count). The highest BCUT2D eigenvalue weighted by atomic mass is 16.5. The molecule has 1 heterocycles.